The molecule has 0 saturated heterocycles. The summed E-state index contributed by atoms with van der Waals surface area (Å²) >= 11 is 0. The molecule has 0 aliphatic rings. The van der Waals surface area contributed by atoms with Gasteiger partial charge in [0.05, 0.1) is 0 Å². The van der Waals surface area contributed by atoms with Crippen LogP contribution in [0.3, 0.4) is 0 Å². The van der Waals surface area contributed by atoms with Crippen LogP contribution in [-0.4, -0.2) is 0 Å². The van der Waals surface area contributed by atoms with Crippen molar-refractivity contribution in [2.45, 2.75) is 316 Å². The van der Waals surface area contributed by atoms with Crippen LogP contribution in [0.25, 0.3) is 0 Å². The van der Waals surface area contributed by atoms with Crippen molar-refractivity contribution in [2.24, 2.45) is 0 Å². The highest BCUT2D eigenvalue weighted by atomic mass is 14.0. The van der Waals surface area contributed by atoms with Crippen molar-refractivity contribution >= 4 is 0 Å². The highest BCUT2D eigenvalue weighted by Gasteiger charge is 1.98. The average Bonchev–Trinajstić information content (AvgIpc) is 3.22. The van der Waals surface area contributed by atoms with Gasteiger partial charge in [0.2, 0.25) is 0 Å². The van der Waals surface area contributed by atoms with E-state index in [-0.39, 0.29) is 0 Å². The number of rotatable bonds is 49. The van der Waals surface area contributed by atoms with Crippen LogP contribution in [0.2, 0.25) is 0 Å². The molecule has 338 valence electrons. The van der Waals surface area contributed by atoms with Crippen molar-refractivity contribution in [3.63, 3.8) is 0 Å². The van der Waals surface area contributed by atoms with Crippen LogP contribution in [0.4, 0.5) is 0 Å². The first-order chi connectivity index (χ1) is 28.3. The molecule has 0 aromatic heterocycles. The maximum atomic E-state index is 3.70. The molecular weight excluding hydrogens is 685 g/mol. The van der Waals surface area contributed by atoms with Crippen LogP contribution < -0.4 is 0 Å². The third-order valence-electron chi connectivity index (χ3n) is 12.2. The summed E-state index contributed by atoms with van der Waals surface area (Å²) in [5.74, 6) is 0. The minimum absolute atomic E-state index is 1.23. The van der Waals surface area contributed by atoms with Crippen LogP contribution in [0.1, 0.15) is 316 Å². The Morgan fingerprint density at radius 2 is 0.351 bits per heavy atom. The van der Waals surface area contributed by atoms with Crippen LogP contribution in [-0.2, 0) is 0 Å². The monoisotopic (exact) mass is 795 g/mol. The van der Waals surface area contributed by atoms with E-state index in [0.29, 0.717) is 0 Å². The zero-order valence-electron chi connectivity index (χ0n) is 40.1. The molecule has 0 aliphatic heterocycles. The van der Waals surface area contributed by atoms with Gasteiger partial charge in [0, 0.05) is 0 Å². The summed E-state index contributed by atoms with van der Waals surface area (Å²) in [7, 11) is 0. The maximum Gasteiger partial charge on any atom is -0.0348 e. The van der Waals surface area contributed by atoms with E-state index in [1.54, 1.807) is 0 Å². The number of hydrogen-bond acceptors (Lipinski definition) is 0. The minimum Gasteiger partial charge on any atom is -0.0991 e. The van der Waals surface area contributed by atoms with E-state index in [1.807, 2.05) is 12.2 Å². The van der Waals surface area contributed by atoms with Crippen LogP contribution >= 0.6 is 0 Å². The molecular formula is C57H110. The lowest BCUT2D eigenvalue weighted by atomic mass is 10.0. The van der Waals surface area contributed by atoms with Gasteiger partial charge in [-0.3, -0.25) is 0 Å². The van der Waals surface area contributed by atoms with E-state index < -0.39 is 0 Å². The lowest BCUT2D eigenvalue weighted by Crippen LogP contribution is -1.84. The number of unbranched alkanes of at least 4 members (excludes halogenated alkanes) is 45. The van der Waals surface area contributed by atoms with Gasteiger partial charge in [-0.1, -0.05) is 340 Å². The number of hydrogen-bond donors (Lipinski definition) is 0. The van der Waals surface area contributed by atoms with Crippen LogP contribution in [0.15, 0.2) is 49.6 Å². The van der Waals surface area contributed by atoms with Crippen molar-refractivity contribution in [2.75, 3.05) is 0 Å². The molecule has 0 aliphatic carbocycles. The maximum absolute atomic E-state index is 3.70. The van der Waals surface area contributed by atoms with E-state index >= 15 is 0 Å². The summed E-state index contributed by atoms with van der Waals surface area (Å²) < 4.78 is 0. The van der Waals surface area contributed by atoms with E-state index in [2.05, 4.69) is 51.3 Å². The first-order valence-corrected chi connectivity index (χ1v) is 26.9. The highest BCUT2D eigenvalue weighted by Crippen LogP contribution is 2.17. The van der Waals surface area contributed by atoms with E-state index in [4.69, 9.17) is 0 Å². The molecule has 0 N–H and O–H groups in total. The molecule has 0 spiro atoms. The van der Waals surface area contributed by atoms with Crippen molar-refractivity contribution in [3.8, 4) is 0 Å². The molecule has 0 saturated carbocycles. The Labute approximate surface area is 363 Å². The fourth-order valence-electron chi connectivity index (χ4n) is 8.30. The Morgan fingerprint density at radius 3 is 0.491 bits per heavy atom. The Balaban J connectivity index is 0. The molecule has 0 rings (SSSR count). The zero-order valence-corrected chi connectivity index (χ0v) is 40.1. The largest absolute Gasteiger partial charge is 0.0991 e. The smallest absolute Gasteiger partial charge is 0.0348 e. The zero-order chi connectivity index (χ0) is 41.5. The highest BCUT2D eigenvalue weighted by molar-refractivity contribution is 4.97. The summed E-state index contributed by atoms with van der Waals surface area (Å²) in [4.78, 5) is 0. The summed E-state index contributed by atoms with van der Waals surface area (Å²) in [6, 6.07) is 0. The van der Waals surface area contributed by atoms with Gasteiger partial charge in [0.1, 0.15) is 0 Å². The molecule has 0 nitrogen and oxygen atoms in total. The summed E-state index contributed by atoms with van der Waals surface area (Å²) in [5, 5.41) is 0. The van der Waals surface area contributed by atoms with E-state index in [9.17, 15) is 0 Å². The second-order valence-corrected chi connectivity index (χ2v) is 18.1. The molecule has 0 heteroatoms. The average molecular weight is 796 g/mol. The normalized spacial score (nSPS) is 11.5. The molecule has 0 aromatic rings. The SMILES string of the molecule is C=CC=CCCCCCCCCCCCCCCCCCCCCCCCC.C=CC=CCCCCCCCCCCCCCCCCCCCCCCCCC. The fraction of sp³-hybridized carbons (Fsp3) is 0.860. The molecule has 57 heavy (non-hydrogen) atoms. The topological polar surface area (TPSA) is 0 Å². The summed E-state index contributed by atoms with van der Waals surface area (Å²) in [5.41, 5.74) is 0. The fourth-order valence-corrected chi connectivity index (χ4v) is 8.30. The van der Waals surface area contributed by atoms with Crippen LogP contribution in [0.5, 0.6) is 0 Å². The van der Waals surface area contributed by atoms with Gasteiger partial charge < -0.3 is 0 Å². The Kier molecular flexibility index (Phi) is 60.4. The summed E-state index contributed by atoms with van der Waals surface area (Å²) in [6.45, 7) is 12.0. The molecule has 0 fully saturated rings. The standard InChI is InChI=1S/C29H56.C28H54/c1-3-5-7-9-11-13-15-17-19-21-23-25-27-29-28-26-24-22-20-18-16-14-12-10-8-6-4-2;1-3-5-7-9-11-13-15-17-19-21-23-25-27-28-26-24-22-20-18-16-14-12-10-8-6-4-2/h3,5,7H,1,4,6,8-29H2,2H3;3,5,7H,1,4,6,8-28H2,2H3. The second-order valence-electron chi connectivity index (χ2n) is 18.1. The third-order valence-corrected chi connectivity index (χ3v) is 12.2. The lowest BCUT2D eigenvalue weighted by Gasteiger charge is -2.04. The van der Waals surface area contributed by atoms with Crippen molar-refractivity contribution in [3.05, 3.63) is 49.6 Å². The quantitative estimate of drug-likeness (QED) is 0.0425. The van der Waals surface area contributed by atoms with Gasteiger partial charge in [-0.25, -0.2) is 0 Å². The van der Waals surface area contributed by atoms with Crippen molar-refractivity contribution < 1.29 is 0 Å². The van der Waals surface area contributed by atoms with E-state index in [1.165, 1.54) is 302 Å². The Hall–Kier alpha value is -1.04. The van der Waals surface area contributed by atoms with Gasteiger partial charge in [0.15, 0.2) is 0 Å². The second kappa shape index (κ2) is 59.3. The van der Waals surface area contributed by atoms with E-state index in [0.717, 1.165) is 0 Å². The molecule has 0 aromatic carbocycles. The lowest BCUT2D eigenvalue weighted by molar-refractivity contribution is 0.518. The Morgan fingerprint density at radius 1 is 0.211 bits per heavy atom. The molecule has 0 bridgehead atoms. The molecule has 0 amide bonds. The first-order valence-electron chi connectivity index (χ1n) is 26.9. The van der Waals surface area contributed by atoms with Crippen LogP contribution in [0, 0.1) is 0 Å². The molecule has 0 radical (unpaired) electrons. The van der Waals surface area contributed by atoms with Gasteiger partial charge >= 0.3 is 0 Å². The first kappa shape index (κ1) is 58.1. The Bertz CT molecular complexity index is 741. The summed E-state index contributed by atoms with van der Waals surface area (Å²) in [6.07, 6.45) is 80.5. The number of allylic oxidation sites excluding steroid dienone is 6. The predicted octanol–water partition coefficient (Wildman–Crippen LogP) is 21.8. The molecule has 0 unspecified atom stereocenters. The minimum atomic E-state index is 1.23. The molecule has 0 atom stereocenters. The van der Waals surface area contributed by atoms with Crippen molar-refractivity contribution in [1.82, 2.24) is 0 Å². The third kappa shape index (κ3) is 61.8. The van der Waals surface area contributed by atoms with Crippen molar-refractivity contribution in [1.29, 1.82) is 0 Å². The van der Waals surface area contributed by atoms with Gasteiger partial charge in [-0.15, -0.1) is 0 Å². The predicted molar refractivity (Wildman–Crippen MR) is 267 cm³/mol. The van der Waals surface area contributed by atoms with Gasteiger partial charge in [-0.05, 0) is 25.7 Å². The molecule has 0 heterocycles. The van der Waals surface area contributed by atoms with Gasteiger partial charge in [0.25, 0.3) is 0 Å². The van der Waals surface area contributed by atoms with Gasteiger partial charge in [-0.2, -0.15) is 0 Å².